The first-order chi connectivity index (χ1) is 8.21. The Labute approximate surface area is 113 Å². The van der Waals surface area contributed by atoms with E-state index in [0.29, 0.717) is 0 Å². The van der Waals surface area contributed by atoms with Crippen LogP contribution in [-0.4, -0.2) is 25.2 Å². The van der Waals surface area contributed by atoms with E-state index >= 15 is 0 Å². The largest absolute Gasteiger partial charge is 0.367 e. The number of anilines is 1. The Morgan fingerprint density at radius 2 is 2.00 bits per heavy atom. The molecule has 3 heteroatoms. The first-order valence-corrected chi connectivity index (χ1v) is 7.24. The lowest BCUT2D eigenvalue weighted by Gasteiger charge is -2.44. The summed E-state index contributed by atoms with van der Waals surface area (Å²) in [7, 11) is 0. The minimum absolute atomic E-state index is 0.285. The van der Waals surface area contributed by atoms with Crippen molar-refractivity contribution in [2.75, 3.05) is 24.5 Å². The van der Waals surface area contributed by atoms with E-state index in [-0.39, 0.29) is 5.54 Å². The second-order valence-corrected chi connectivity index (χ2v) is 5.64. The molecule has 0 atom stereocenters. The van der Waals surface area contributed by atoms with Crippen LogP contribution in [0.2, 0.25) is 0 Å². The molecule has 1 aromatic carbocycles. The van der Waals surface area contributed by atoms with Crippen LogP contribution < -0.4 is 10.2 Å². The minimum atomic E-state index is 0.285. The molecule has 0 amide bonds. The predicted octanol–water partition coefficient (Wildman–Crippen LogP) is 3.42. The van der Waals surface area contributed by atoms with Gasteiger partial charge >= 0.3 is 0 Å². The molecule has 94 valence electrons. The van der Waals surface area contributed by atoms with Gasteiger partial charge in [-0.05, 0) is 40.9 Å². The van der Waals surface area contributed by atoms with Crippen LogP contribution in [0.3, 0.4) is 0 Å². The predicted molar refractivity (Wildman–Crippen MR) is 77.7 cm³/mol. The Bertz CT molecular complexity index is 374. The first kappa shape index (κ1) is 12.9. The van der Waals surface area contributed by atoms with Gasteiger partial charge in [-0.2, -0.15) is 0 Å². The third-order valence-electron chi connectivity index (χ3n) is 3.92. The highest BCUT2D eigenvalue weighted by Crippen LogP contribution is 2.30. The van der Waals surface area contributed by atoms with Crippen LogP contribution >= 0.6 is 15.9 Å². The zero-order valence-electron chi connectivity index (χ0n) is 10.7. The Morgan fingerprint density at radius 3 is 2.65 bits per heavy atom. The van der Waals surface area contributed by atoms with Crippen molar-refractivity contribution in [3.63, 3.8) is 0 Å². The molecule has 2 nitrogen and oxygen atoms in total. The summed E-state index contributed by atoms with van der Waals surface area (Å²) in [4.78, 5) is 2.49. The monoisotopic (exact) mass is 296 g/mol. The van der Waals surface area contributed by atoms with E-state index in [2.05, 4.69) is 64.3 Å². The molecule has 17 heavy (non-hydrogen) atoms. The number of halogens is 1. The number of nitrogens with zero attached hydrogens (tertiary/aromatic N) is 1. The van der Waals surface area contributed by atoms with Gasteiger partial charge in [0.25, 0.3) is 0 Å². The number of hydrogen-bond donors (Lipinski definition) is 1. The van der Waals surface area contributed by atoms with Gasteiger partial charge in [-0.3, -0.25) is 0 Å². The Balaban J connectivity index is 2.20. The summed E-state index contributed by atoms with van der Waals surface area (Å²) >= 11 is 3.65. The molecule has 2 rings (SSSR count). The quantitative estimate of drug-likeness (QED) is 0.919. The lowest BCUT2D eigenvalue weighted by Crippen LogP contribution is -2.60. The van der Waals surface area contributed by atoms with Crippen molar-refractivity contribution in [3.05, 3.63) is 28.7 Å². The van der Waals surface area contributed by atoms with Crippen LogP contribution in [0.25, 0.3) is 0 Å². The van der Waals surface area contributed by atoms with E-state index in [0.717, 1.165) is 19.6 Å². The van der Waals surface area contributed by atoms with E-state index < -0.39 is 0 Å². The topological polar surface area (TPSA) is 15.3 Å². The molecule has 0 bridgehead atoms. The highest BCUT2D eigenvalue weighted by atomic mass is 79.9. The smallest absolute Gasteiger partial charge is 0.0511 e. The molecular weight excluding hydrogens is 276 g/mol. The van der Waals surface area contributed by atoms with Crippen LogP contribution in [0.4, 0.5) is 5.69 Å². The number of nitrogens with one attached hydrogen (secondary N) is 1. The summed E-state index contributed by atoms with van der Waals surface area (Å²) in [5, 5.41) is 3.69. The van der Waals surface area contributed by atoms with Crippen molar-refractivity contribution < 1.29 is 0 Å². The third-order valence-corrected chi connectivity index (χ3v) is 4.59. The van der Waals surface area contributed by atoms with E-state index in [1.165, 1.54) is 23.0 Å². The number of piperazine rings is 1. The maximum Gasteiger partial charge on any atom is 0.0511 e. The van der Waals surface area contributed by atoms with Crippen molar-refractivity contribution in [3.8, 4) is 0 Å². The SMILES string of the molecule is CCC1(CC)CN(c2ccccc2Br)CCN1. The van der Waals surface area contributed by atoms with Crippen LogP contribution in [0.1, 0.15) is 26.7 Å². The zero-order valence-corrected chi connectivity index (χ0v) is 12.3. The summed E-state index contributed by atoms with van der Waals surface area (Å²) in [6.07, 6.45) is 2.37. The minimum Gasteiger partial charge on any atom is -0.367 e. The van der Waals surface area contributed by atoms with Crippen LogP contribution in [-0.2, 0) is 0 Å². The van der Waals surface area contributed by atoms with Crippen LogP contribution in [0.15, 0.2) is 28.7 Å². The van der Waals surface area contributed by atoms with Gasteiger partial charge in [-0.1, -0.05) is 26.0 Å². The summed E-state index contributed by atoms with van der Waals surface area (Å²) in [5.74, 6) is 0. The third kappa shape index (κ3) is 2.66. The second kappa shape index (κ2) is 5.40. The van der Waals surface area contributed by atoms with Gasteiger partial charge in [-0.15, -0.1) is 0 Å². The van der Waals surface area contributed by atoms with Gasteiger partial charge < -0.3 is 10.2 Å². The van der Waals surface area contributed by atoms with Gasteiger partial charge in [0.2, 0.25) is 0 Å². The number of rotatable bonds is 3. The molecule has 0 aliphatic carbocycles. The maximum absolute atomic E-state index is 3.69. The molecule has 1 heterocycles. The van der Waals surface area contributed by atoms with Gasteiger partial charge in [0.1, 0.15) is 0 Å². The highest BCUT2D eigenvalue weighted by Gasteiger charge is 2.32. The molecule has 0 radical (unpaired) electrons. The molecule has 1 aliphatic rings. The molecule has 0 unspecified atom stereocenters. The van der Waals surface area contributed by atoms with E-state index in [1.807, 2.05) is 0 Å². The van der Waals surface area contributed by atoms with Gasteiger partial charge in [0, 0.05) is 29.6 Å². The fraction of sp³-hybridized carbons (Fsp3) is 0.571. The fourth-order valence-corrected chi connectivity index (χ4v) is 3.13. The molecular formula is C14H21BrN2. The number of para-hydroxylation sites is 1. The molecule has 0 spiro atoms. The van der Waals surface area contributed by atoms with Gasteiger partial charge in [0.15, 0.2) is 0 Å². The lowest BCUT2D eigenvalue weighted by molar-refractivity contribution is 0.277. The normalized spacial score (nSPS) is 19.4. The molecule has 1 saturated heterocycles. The maximum atomic E-state index is 3.69. The fourth-order valence-electron chi connectivity index (χ4n) is 2.59. The molecule has 1 aliphatic heterocycles. The second-order valence-electron chi connectivity index (χ2n) is 4.79. The summed E-state index contributed by atoms with van der Waals surface area (Å²) in [6.45, 7) is 7.82. The van der Waals surface area contributed by atoms with Crippen LogP contribution in [0.5, 0.6) is 0 Å². The average molecular weight is 297 g/mol. The van der Waals surface area contributed by atoms with E-state index in [4.69, 9.17) is 0 Å². The van der Waals surface area contributed by atoms with Crippen molar-refractivity contribution in [2.45, 2.75) is 32.2 Å². The highest BCUT2D eigenvalue weighted by molar-refractivity contribution is 9.10. The number of hydrogen-bond acceptors (Lipinski definition) is 2. The lowest BCUT2D eigenvalue weighted by atomic mass is 9.90. The molecule has 1 fully saturated rings. The first-order valence-electron chi connectivity index (χ1n) is 6.45. The Hall–Kier alpha value is -0.540. The van der Waals surface area contributed by atoms with Gasteiger partial charge in [-0.25, -0.2) is 0 Å². The molecule has 1 N–H and O–H groups in total. The average Bonchev–Trinajstić information content (AvgIpc) is 2.39. The van der Waals surface area contributed by atoms with Gasteiger partial charge in [0.05, 0.1) is 5.69 Å². The number of benzene rings is 1. The van der Waals surface area contributed by atoms with Crippen molar-refractivity contribution >= 4 is 21.6 Å². The Kier molecular flexibility index (Phi) is 4.10. The summed E-state index contributed by atoms with van der Waals surface area (Å²) < 4.78 is 1.20. The molecule has 1 aromatic rings. The molecule has 0 aromatic heterocycles. The van der Waals surface area contributed by atoms with E-state index in [1.54, 1.807) is 0 Å². The summed E-state index contributed by atoms with van der Waals surface area (Å²) in [6, 6.07) is 8.51. The summed E-state index contributed by atoms with van der Waals surface area (Å²) in [5.41, 5.74) is 1.60. The van der Waals surface area contributed by atoms with Crippen molar-refractivity contribution in [2.24, 2.45) is 0 Å². The van der Waals surface area contributed by atoms with Crippen molar-refractivity contribution in [1.82, 2.24) is 5.32 Å². The Morgan fingerprint density at radius 1 is 1.29 bits per heavy atom. The standard InChI is InChI=1S/C14H21BrN2/c1-3-14(4-2)11-17(10-9-16-14)13-8-6-5-7-12(13)15/h5-8,16H,3-4,9-11H2,1-2H3. The van der Waals surface area contributed by atoms with E-state index in [9.17, 15) is 0 Å². The zero-order chi connectivity index (χ0) is 12.3. The van der Waals surface area contributed by atoms with Crippen LogP contribution in [0, 0.1) is 0 Å². The van der Waals surface area contributed by atoms with Crippen molar-refractivity contribution in [1.29, 1.82) is 0 Å². The molecule has 0 saturated carbocycles.